The van der Waals surface area contributed by atoms with E-state index in [0.717, 1.165) is 5.56 Å². The smallest absolute Gasteiger partial charge is 0.280 e. The number of nitrogens with zero attached hydrogens (tertiary/aromatic N) is 7. The van der Waals surface area contributed by atoms with Crippen LogP contribution in [0.3, 0.4) is 0 Å². The maximum Gasteiger partial charge on any atom is 0.280 e. The van der Waals surface area contributed by atoms with Crippen molar-refractivity contribution in [2.45, 2.75) is 6.54 Å². The molecule has 0 aliphatic carbocycles. The van der Waals surface area contributed by atoms with E-state index >= 15 is 0 Å². The zero-order valence-electron chi connectivity index (χ0n) is 14.3. The first-order valence-electron chi connectivity index (χ1n) is 8.27. The van der Waals surface area contributed by atoms with Crippen molar-refractivity contribution >= 4 is 11.7 Å². The van der Waals surface area contributed by atoms with Crippen molar-refractivity contribution in [3.63, 3.8) is 0 Å². The minimum Gasteiger partial charge on any atom is -0.287 e. The Morgan fingerprint density at radius 2 is 1.81 bits per heavy atom. The van der Waals surface area contributed by atoms with E-state index in [1.54, 1.807) is 35.4 Å². The number of hydrogen-bond acceptors (Lipinski definition) is 6. The molecule has 3 heterocycles. The van der Waals surface area contributed by atoms with Gasteiger partial charge < -0.3 is 0 Å². The second-order valence-corrected chi connectivity index (χ2v) is 5.68. The summed E-state index contributed by atoms with van der Waals surface area (Å²) in [7, 11) is 0. The lowest BCUT2D eigenvalue weighted by molar-refractivity contribution is 0.0978. The van der Waals surface area contributed by atoms with Gasteiger partial charge in [-0.3, -0.25) is 9.69 Å². The van der Waals surface area contributed by atoms with Crippen LogP contribution in [0, 0.1) is 0 Å². The average molecular weight is 357 g/mol. The van der Waals surface area contributed by atoms with Crippen LogP contribution in [0.1, 0.15) is 16.1 Å². The highest BCUT2D eigenvalue weighted by molar-refractivity contribution is 6.04. The van der Waals surface area contributed by atoms with Gasteiger partial charge in [0.05, 0.1) is 6.54 Å². The maximum absolute atomic E-state index is 13.1. The molecule has 0 N–H and O–H groups in total. The molecule has 1 aromatic carbocycles. The molecule has 27 heavy (non-hydrogen) atoms. The first-order chi connectivity index (χ1) is 13.3. The fourth-order valence-electron chi connectivity index (χ4n) is 2.56. The van der Waals surface area contributed by atoms with E-state index in [4.69, 9.17) is 0 Å². The Balaban J connectivity index is 1.64. The van der Waals surface area contributed by atoms with E-state index in [1.807, 2.05) is 36.4 Å². The second kappa shape index (κ2) is 7.52. The number of amides is 1. The highest BCUT2D eigenvalue weighted by atomic mass is 16.2. The van der Waals surface area contributed by atoms with Crippen molar-refractivity contribution in [3.05, 3.63) is 90.8 Å². The van der Waals surface area contributed by atoms with Crippen molar-refractivity contribution in [3.8, 4) is 5.82 Å². The lowest BCUT2D eigenvalue weighted by atomic mass is 10.2. The predicted octanol–water partition coefficient (Wildman–Crippen LogP) is 2.30. The van der Waals surface area contributed by atoms with Crippen LogP contribution in [-0.2, 0) is 6.54 Å². The highest BCUT2D eigenvalue weighted by Gasteiger charge is 2.21. The van der Waals surface area contributed by atoms with Gasteiger partial charge in [-0.1, -0.05) is 36.4 Å². The molecule has 0 saturated carbocycles. The van der Waals surface area contributed by atoms with E-state index in [9.17, 15) is 4.79 Å². The summed E-state index contributed by atoms with van der Waals surface area (Å²) < 4.78 is 1.47. The molecule has 0 aliphatic heterocycles. The minimum absolute atomic E-state index is 0.223. The summed E-state index contributed by atoms with van der Waals surface area (Å²) in [5.74, 6) is 0.750. The van der Waals surface area contributed by atoms with Crippen LogP contribution in [0.4, 0.5) is 5.82 Å². The molecular weight excluding hydrogens is 342 g/mol. The summed E-state index contributed by atoms with van der Waals surface area (Å²) in [5.41, 5.74) is 1.21. The molecule has 0 aliphatic rings. The number of benzene rings is 1. The zero-order chi connectivity index (χ0) is 18.5. The van der Waals surface area contributed by atoms with E-state index in [-0.39, 0.29) is 11.6 Å². The largest absolute Gasteiger partial charge is 0.287 e. The van der Waals surface area contributed by atoms with Crippen LogP contribution in [0.15, 0.2) is 79.5 Å². The van der Waals surface area contributed by atoms with Crippen LogP contribution in [0.2, 0.25) is 0 Å². The molecule has 8 nitrogen and oxygen atoms in total. The first-order valence-corrected chi connectivity index (χ1v) is 8.27. The Morgan fingerprint density at radius 3 is 2.48 bits per heavy atom. The summed E-state index contributed by atoms with van der Waals surface area (Å²) in [6.45, 7) is 0.378. The molecule has 0 spiro atoms. The third-order valence-corrected chi connectivity index (χ3v) is 3.88. The van der Waals surface area contributed by atoms with E-state index < -0.39 is 0 Å². The summed E-state index contributed by atoms with van der Waals surface area (Å²) in [6.07, 6.45) is 4.57. The van der Waals surface area contributed by atoms with Crippen LogP contribution < -0.4 is 4.90 Å². The number of anilines is 1. The van der Waals surface area contributed by atoms with Gasteiger partial charge in [-0.05, 0) is 29.8 Å². The number of pyridine rings is 1. The number of hydrogen-bond donors (Lipinski definition) is 0. The second-order valence-electron chi connectivity index (χ2n) is 5.68. The van der Waals surface area contributed by atoms with Crippen LogP contribution in [0.25, 0.3) is 5.82 Å². The summed E-state index contributed by atoms with van der Waals surface area (Å²) >= 11 is 0. The third-order valence-electron chi connectivity index (χ3n) is 3.88. The van der Waals surface area contributed by atoms with Gasteiger partial charge in [-0.15, -0.1) is 10.2 Å². The summed E-state index contributed by atoms with van der Waals surface area (Å²) in [4.78, 5) is 22.9. The minimum atomic E-state index is -0.282. The molecule has 1 amide bonds. The molecule has 0 saturated heterocycles. The van der Waals surface area contributed by atoms with Gasteiger partial charge in [0.25, 0.3) is 5.91 Å². The Hall–Kier alpha value is -3.94. The average Bonchev–Trinajstić information content (AvgIpc) is 3.28. The zero-order valence-corrected chi connectivity index (χ0v) is 14.3. The van der Waals surface area contributed by atoms with Crippen LogP contribution >= 0.6 is 0 Å². The Kier molecular flexibility index (Phi) is 4.60. The van der Waals surface area contributed by atoms with Crippen molar-refractivity contribution in [1.82, 2.24) is 29.9 Å². The van der Waals surface area contributed by atoms with Crippen molar-refractivity contribution in [2.75, 3.05) is 4.90 Å². The van der Waals surface area contributed by atoms with Crippen molar-refractivity contribution in [2.24, 2.45) is 0 Å². The molecule has 0 bridgehead atoms. The van der Waals surface area contributed by atoms with Gasteiger partial charge in [-0.2, -0.15) is 5.10 Å². The van der Waals surface area contributed by atoms with Gasteiger partial charge in [-0.25, -0.2) is 14.6 Å². The molecule has 0 radical (unpaired) electrons. The standard InChI is InChI=1S/C19H15N7O/c27-19(16-9-10-18(24-23-16)26-14-20-13-22-26)25(17-8-4-5-11-21-17)12-15-6-2-1-3-7-15/h1-11,13-14H,12H2. The molecular formula is C19H15N7O. The van der Waals surface area contributed by atoms with Gasteiger partial charge in [0.15, 0.2) is 11.5 Å². The fraction of sp³-hybridized carbons (Fsp3) is 0.0526. The van der Waals surface area contributed by atoms with Crippen LogP contribution in [-0.4, -0.2) is 35.9 Å². The van der Waals surface area contributed by atoms with Crippen molar-refractivity contribution < 1.29 is 4.79 Å². The summed E-state index contributed by atoms with van der Waals surface area (Å²) in [5, 5.41) is 12.1. The quantitative estimate of drug-likeness (QED) is 0.544. The molecule has 132 valence electrons. The number of aromatic nitrogens is 6. The molecule has 8 heteroatoms. The lowest BCUT2D eigenvalue weighted by Crippen LogP contribution is -2.32. The number of rotatable bonds is 5. The normalized spacial score (nSPS) is 10.5. The molecule has 4 rings (SSSR count). The van der Waals surface area contributed by atoms with Gasteiger partial charge >= 0.3 is 0 Å². The van der Waals surface area contributed by atoms with E-state index in [0.29, 0.717) is 18.2 Å². The Morgan fingerprint density at radius 1 is 0.963 bits per heavy atom. The molecule has 0 unspecified atom stereocenters. The van der Waals surface area contributed by atoms with Crippen LogP contribution in [0.5, 0.6) is 0 Å². The lowest BCUT2D eigenvalue weighted by Gasteiger charge is -2.21. The van der Waals surface area contributed by atoms with Crippen molar-refractivity contribution in [1.29, 1.82) is 0 Å². The number of carbonyl (C=O) groups is 1. The maximum atomic E-state index is 13.1. The highest BCUT2D eigenvalue weighted by Crippen LogP contribution is 2.17. The molecule has 0 atom stereocenters. The van der Waals surface area contributed by atoms with Gasteiger partial charge in [0, 0.05) is 6.20 Å². The predicted molar refractivity (Wildman–Crippen MR) is 98.1 cm³/mol. The topological polar surface area (TPSA) is 89.7 Å². The Bertz CT molecular complexity index is 1000. The van der Waals surface area contributed by atoms with Gasteiger partial charge in [0.1, 0.15) is 18.5 Å². The van der Waals surface area contributed by atoms with E-state index in [2.05, 4.69) is 25.3 Å². The van der Waals surface area contributed by atoms with E-state index in [1.165, 1.54) is 17.3 Å². The SMILES string of the molecule is O=C(c1ccc(-n2cncn2)nn1)N(Cc1ccccc1)c1ccccn1. The summed E-state index contributed by atoms with van der Waals surface area (Å²) in [6, 6.07) is 18.5. The molecule has 0 fully saturated rings. The Labute approximate surface area is 155 Å². The monoisotopic (exact) mass is 357 g/mol. The third kappa shape index (κ3) is 3.69. The fourth-order valence-corrected chi connectivity index (χ4v) is 2.56. The first kappa shape index (κ1) is 16.5. The number of carbonyl (C=O) groups excluding carboxylic acids is 1. The van der Waals surface area contributed by atoms with Gasteiger partial charge in [0.2, 0.25) is 0 Å². The molecule has 4 aromatic rings. The molecule has 3 aromatic heterocycles.